The Morgan fingerprint density at radius 3 is 2.30 bits per heavy atom. The molecular formula is C26H33N3O4. The Bertz CT molecular complexity index is 995. The molecule has 1 aliphatic rings. The molecule has 33 heavy (non-hydrogen) atoms. The molecule has 3 rings (SSSR count). The van der Waals surface area contributed by atoms with Crippen molar-refractivity contribution in [2.45, 2.75) is 46.6 Å². The first-order valence-corrected chi connectivity index (χ1v) is 11.5. The Balaban J connectivity index is 1.77. The van der Waals surface area contributed by atoms with E-state index in [0.29, 0.717) is 29.2 Å². The van der Waals surface area contributed by atoms with Crippen LogP contribution in [0.1, 0.15) is 59.9 Å². The fourth-order valence-electron chi connectivity index (χ4n) is 3.93. The number of hydrogen-bond donors (Lipinski definition) is 2. The van der Waals surface area contributed by atoms with Crippen LogP contribution in [0.15, 0.2) is 42.5 Å². The van der Waals surface area contributed by atoms with Crippen LogP contribution in [0.25, 0.3) is 0 Å². The van der Waals surface area contributed by atoms with Gasteiger partial charge in [0.2, 0.25) is 5.91 Å². The molecule has 1 fully saturated rings. The molecule has 2 N–H and O–H groups in total. The summed E-state index contributed by atoms with van der Waals surface area (Å²) in [6, 6.07) is 11.5. The Hall–Kier alpha value is -3.35. The fraction of sp³-hybridized carbons (Fsp3) is 0.423. The lowest BCUT2D eigenvalue weighted by Gasteiger charge is -2.24. The Morgan fingerprint density at radius 1 is 1.03 bits per heavy atom. The maximum atomic E-state index is 13.2. The van der Waals surface area contributed by atoms with Gasteiger partial charge in [0, 0.05) is 18.7 Å². The van der Waals surface area contributed by atoms with Crippen LogP contribution in [0.4, 0.5) is 5.69 Å². The molecule has 0 aliphatic carbocycles. The molecular weight excluding hydrogens is 418 g/mol. The second kappa shape index (κ2) is 11.0. The molecule has 0 aromatic heterocycles. The lowest BCUT2D eigenvalue weighted by molar-refractivity contribution is -0.118. The summed E-state index contributed by atoms with van der Waals surface area (Å²) in [5.74, 6) is -0.245. The number of anilines is 1. The smallest absolute Gasteiger partial charge is 0.255 e. The lowest BCUT2D eigenvalue weighted by atomic mass is 10.0. The number of aryl methyl sites for hydroxylation is 1. The van der Waals surface area contributed by atoms with Gasteiger partial charge in [-0.1, -0.05) is 26.0 Å². The van der Waals surface area contributed by atoms with Gasteiger partial charge in [0.25, 0.3) is 11.8 Å². The Morgan fingerprint density at radius 2 is 1.70 bits per heavy atom. The topological polar surface area (TPSA) is 87.7 Å². The van der Waals surface area contributed by atoms with Gasteiger partial charge in [0.05, 0.1) is 17.9 Å². The predicted molar refractivity (Wildman–Crippen MR) is 129 cm³/mol. The van der Waals surface area contributed by atoms with Crippen molar-refractivity contribution in [3.8, 4) is 5.75 Å². The predicted octanol–water partition coefficient (Wildman–Crippen LogP) is 4.02. The third kappa shape index (κ3) is 5.92. The molecule has 0 saturated carbocycles. The average molecular weight is 452 g/mol. The quantitative estimate of drug-likeness (QED) is 0.635. The fourth-order valence-corrected chi connectivity index (χ4v) is 3.93. The summed E-state index contributed by atoms with van der Waals surface area (Å²) < 4.78 is 5.42. The van der Waals surface area contributed by atoms with E-state index in [1.165, 1.54) is 0 Å². The summed E-state index contributed by atoms with van der Waals surface area (Å²) in [5.41, 5.74) is 2.22. The van der Waals surface area contributed by atoms with Crippen LogP contribution in [0.3, 0.4) is 0 Å². The monoisotopic (exact) mass is 451 g/mol. The summed E-state index contributed by atoms with van der Waals surface area (Å²) in [5, 5.41) is 5.77. The number of hydrogen-bond acceptors (Lipinski definition) is 4. The number of ether oxygens (including phenoxy) is 1. The first-order valence-electron chi connectivity index (χ1n) is 11.5. The minimum absolute atomic E-state index is 0.0778. The molecule has 2 aromatic carbocycles. The van der Waals surface area contributed by atoms with Gasteiger partial charge in [-0.25, -0.2) is 0 Å². The highest BCUT2D eigenvalue weighted by Crippen LogP contribution is 2.25. The number of nitrogens with zero attached hydrogens (tertiary/aromatic N) is 1. The number of carbonyl (C=O) groups is 3. The number of carbonyl (C=O) groups excluding carboxylic acids is 3. The van der Waals surface area contributed by atoms with Crippen LogP contribution < -0.4 is 15.4 Å². The van der Waals surface area contributed by atoms with E-state index >= 15 is 0 Å². The van der Waals surface area contributed by atoms with Crippen molar-refractivity contribution in [1.29, 1.82) is 0 Å². The third-order valence-electron chi connectivity index (χ3n) is 5.81. The van der Waals surface area contributed by atoms with Gasteiger partial charge >= 0.3 is 0 Å². The molecule has 0 radical (unpaired) electrons. The minimum atomic E-state index is -0.765. The standard InChI is InChI=1S/C26H33N3O4/c1-5-33-20-13-11-19(12-14-20)24(30)27-22(17(2)3)25(31)28-23-18(4)9-8-10-21(23)26(32)29-15-6-7-16-29/h8-14,17,22H,5-7,15-16H2,1-4H3,(H,27,30)(H,28,31). The highest BCUT2D eigenvalue weighted by Gasteiger charge is 2.28. The molecule has 176 valence electrons. The number of amides is 3. The molecule has 0 bridgehead atoms. The minimum Gasteiger partial charge on any atom is -0.494 e. The third-order valence-corrected chi connectivity index (χ3v) is 5.81. The number of likely N-dealkylation sites (tertiary alicyclic amines) is 1. The van der Waals surface area contributed by atoms with E-state index in [-0.39, 0.29) is 23.6 Å². The largest absolute Gasteiger partial charge is 0.494 e. The van der Waals surface area contributed by atoms with Gasteiger partial charge in [-0.05, 0) is 68.5 Å². The van der Waals surface area contributed by atoms with Crippen molar-refractivity contribution in [1.82, 2.24) is 10.2 Å². The molecule has 1 aliphatic heterocycles. The average Bonchev–Trinajstić information content (AvgIpc) is 3.33. The molecule has 0 spiro atoms. The van der Waals surface area contributed by atoms with E-state index < -0.39 is 6.04 Å². The molecule has 1 heterocycles. The summed E-state index contributed by atoms with van der Waals surface area (Å²) >= 11 is 0. The van der Waals surface area contributed by atoms with E-state index in [4.69, 9.17) is 4.74 Å². The van der Waals surface area contributed by atoms with E-state index in [0.717, 1.165) is 31.5 Å². The Kier molecular flexibility index (Phi) is 8.09. The number of benzene rings is 2. The Labute approximate surface area is 195 Å². The van der Waals surface area contributed by atoms with E-state index in [2.05, 4.69) is 10.6 Å². The molecule has 3 amide bonds. The normalized spacial score (nSPS) is 14.2. The van der Waals surface area contributed by atoms with Gasteiger partial charge in [0.15, 0.2) is 0 Å². The van der Waals surface area contributed by atoms with Crippen molar-refractivity contribution in [2.75, 3.05) is 25.0 Å². The van der Waals surface area contributed by atoms with Crippen LogP contribution in [-0.2, 0) is 4.79 Å². The number of rotatable bonds is 8. The van der Waals surface area contributed by atoms with Crippen LogP contribution >= 0.6 is 0 Å². The summed E-state index contributed by atoms with van der Waals surface area (Å²) in [4.78, 5) is 40.9. The van der Waals surface area contributed by atoms with Crippen molar-refractivity contribution in [2.24, 2.45) is 5.92 Å². The molecule has 7 heteroatoms. The zero-order valence-electron chi connectivity index (χ0n) is 19.8. The van der Waals surface area contributed by atoms with Gasteiger partial charge in [-0.3, -0.25) is 14.4 Å². The summed E-state index contributed by atoms with van der Waals surface area (Å²) in [6.45, 7) is 9.50. The maximum absolute atomic E-state index is 13.2. The van der Waals surface area contributed by atoms with Gasteiger partial charge in [-0.2, -0.15) is 0 Å². The maximum Gasteiger partial charge on any atom is 0.255 e. The van der Waals surface area contributed by atoms with Crippen LogP contribution in [0.5, 0.6) is 5.75 Å². The second-order valence-electron chi connectivity index (χ2n) is 8.64. The first kappa shape index (κ1) is 24.3. The number of nitrogens with one attached hydrogen (secondary N) is 2. The van der Waals surface area contributed by atoms with E-state index in [9.17, 15) is 14.4 Å². The SMILES string of the molecule is CCOc1ccc(C(=O)NC(C(=O)Nc2c(C)cccc2C(=O)N2CCCC2)C(C)C)cc1. The van der Waals surface area contributed by atoms with Gasteiger partial charge < -0.3 is 20.3 Å². The van der Waals surface area contributed by atoms with Gasteiger partial charge in [-0.15, -0.1) is 0 Å². The van der Waals surface area contributed by atoms with Gasteiger partial charge in [0.1, 0.15) is 11.8 Å². The second-order valence-corrected chi connectivity index (χ2v) is 8.64. The molecule has 1 unspecified atom stereocenters. The molecule has 1 saturated heterocycles. The molecule has 2 aromatic rings. The van der Waals surface area contributed by atoms with Crippen LogP contribution in [0.2, 0.25) is 0 Å². The zero-order valence-corrected chi connectivity index (χ0v) is 19.8. The molecule has 7 nitrogen and oxygen atoms in total. The lowest BCUT2D eigenvalue weighted by Crippen LogP contribution is -2.47. The van der Waals surface area contributed by atoms with E-state index in [1.54, 1.807) is 30.3 Å². The van der Waals surface area contributed by atoms with Crippen molar-refractivity contribution >= 4 is 23.4 Å². The van der Waals surface area contributed by atoms with Crippen molar-refractivity contribution in [3.05, 3.63) is 59.2 Å². The summed E-state index contributed by atoms with van der Waals surface area (Å²) in [7, 11) is 0. The zero-order chi connectivity index (χ0) is 24.0. The highest BCUT2D eigenvalue weighted by atomic mass is 16.5. The van der Waals surface area contributed by atoms with Crippen molar-refractivity contribution < 1.29 is 19.1 Å². The summed E-state index contributed by atoms with van der Waals surface area (Å²) in [6.07, 6.45) is 1.98. The first-order chi connectivity index (χ1) is 15.8. The molecule has 1 atom stereocenters. The van der Waals surface area contributed by atoms with E-state index in [1.807, 2.05) is 44.7 Å². The highest BCUT2D eigenvalue weighted by molar-refractivity contribution is 6.07. The van der Waals surface area contributed by atoms with Crippen LogP contribution in [-0.4, -0.2) is 48.4 Å². The van der Waals surface area contributed by atoms with Crippen LogP contribution in [0, 0.1) is 12.8 Å². The van der Waals surface area contributed by atoms with Crippen molar-refractivity contribution in [3.63, 3.8) is 0 Å². The number of para-hydroxylation sites is 1.